The lowest BCUT2D eigenvalue weighted by Crippen LogP contribution is -2.46. The van der Waals surface area contributed by atoms with Crippen LogP contribution >= 0.6 is 35.3 Å². The van der Waals surface area contributed by atoms with Gasteiger partial charge in [-0.25, -0.2) is 0 Å². The molecule has 1 aliphatic rings. The molecule has 7 nitrogen and oxygen atoms in total. The Bertz CT molecular complexity index is 568. The Balaban J connectivity index is 0.00000338. The molecular weight excluding hydrogens is 467 g/mol. The molecule has 0 saturated carbocycles. The topological polar surface area (TPSA) is 75.2 Å². The second-order valence-electron chi connectivity index (χ2n) is 5.75. The predicted octanol–water partition coefficient (Wildman–Crippen LogP) is 1.47. The Hall–Kier alpha value is -0.910. The highest BCUT2D eigenvalue weighted by molar-refractivity contribution is 14.0. The molecule has 0 saturated heterocycles. The van der Waals surface area contributed by atoms with Crippen LogP contribution in [0.2, 0.25) is 0 Å². The number of halogens is 1. The van der Waals surface area contributed by atoms with Crippen LogP contribution in [0, 0.1) is 0 Å². The second kappa shape index (κ2) is 13.3. The summed E-state index contributed by atoms with van der Waals surface area (Å²) in [5.74, 6) is 0.737. The smallest absolute Gasteiger partial charge is 0.242 e. The molecule has 0 unspecified atom stereocenters. The van der Waals surface area contributed by atoms with E-state index in [1.807, 2.05) is 4.90 Å². The van der Waals surface area contributed by atoms with Crippen LogP contribution in [0.25, 0.3) is 0 Å². The molecule has 2 rings (SSSR count). The van der Waals surface area contributed by atoms with Gasteiger partial charge in [0, 0.05) is 45.3 Å². The zero-order valence-corrected chi connectivity index (χ0v) is 18.6. The molecule has 1 aromatic heterocycles. The maximum Gasteiger partial charge on any atom is 0.242 e. The lowest BCUT2D eigenvalue weighted by Gasteiger charge is -2.27. The molecular formula is C17H29IN4O3S. The van der Waals surface area contributed by atoms with E-state index < -0.39 is 0 Å². The predicted molar refractivity (Wildman–Crippen MR) is 116 cm³/mol. The summed E-state index contributed by atoms with van der Waals surface area (Å²) in [5, 5.41) is 8.37. The lowest BCUT2D eigenvalue weighted by atomic mass is 10.1. The van der Waals surface area contributed by atoms with Crippen molar-refractivity contribution < 1.29 is 14.3 Å². The molecule has 0 atom stereocenters. The average molecular weight is 496 g/mol. The monoisotopic (exact) mass is 496 g/mol. The number of amides is 1. The largest absolute Gasteiger partial charge is 0.382 e. The standard InChI is InChI=1S/C17H28N4O3S.HI/c1-18-17(19-6-3-8-24-10-9-23-2)20-12-16(22)21-7-4-15-14(13-21)5-11-25-15;/h5,11H,3-4,6-10,12-13H2,1-2H3,(H2,18,19,20);1H. The lowest BCUT2D eigenvalue weighted by molar-refractivity contribution is -0.130. The summed E-state index contributed by atoms with van der Waals surface area (Å²) in [4.78, 5) is 19.8. The van der Waals surface area contributed by atoms with E-state index in [2.05, 4.69) is 27.1 Å². The first-order valence-corrected chi connectivity index (χ1v) is 9.46. The summed E-state index contributed by atoms with van der Waals surface area (Å²) in [7, 11) is 3.36. The number of thiophene rings is 1. The Labute approximate surface area is 176 Å². The van der Waals surface area contributed by atoms with Crippen molar-refractivity contribution in [1.82, 2.24) is 15.5 Å². The quantitative estimate of drug-likeness (QED) is 0.235. The van der Waals surface area contributed by atoms with Gasteiger partial charge in [-0.05, 0) is 29.9 Å². The van der Waals surface area contributed by atoms with E-state index in [1.54, 1.807) is 25.5 Å². The van der Waals surface area contributed by atoms with Crippen molar-refractivity contribution in [3.05, 3.63) is 21.9 Å². The van der Waals surface area contributed by atoms with Crippen molar-refractivity contribution in [2.24, 2.45) is 4.99 Å². The number of nitrogens with zero attached hydrogens (tertiary/aromatic N) is 2. The SMILES string of the molecule is CN=C(NCCCOCCOC)NCC(=O)N1CCc2sccc2C1.I. The molecule has 0 aromatic carbocycles. The highest BCUT2D eigenvalue weighted by Gasteiger charge is 2.21. The molecule has 9 heteroatoms. The van der Waals surface area contributed by atoms with E-state index in [4.69, 9.17) is 9.47 Å². The molecule has 26 heavy (non-hydrogen) atoms. The third-order valence-electron chi connectivity index (χ3n) is 3.98. The Morgan fingerprint density at radius 3 is 2.96 bits per heavy atom. The zero-order chi connectivity index (χ0) is 17.9. The first kappa shape index (κ1) is 23.1. The number of carbonyl (C=O) groups excluding carboxylic acids is 1. The van der Waals surface area contributed by atoms with Crippen LogP contribution in [-0.2, 0) is 27.2 Å². The van der Waals surface area contributed by atoms with Crippen LogP contribution in [0.3, 0.4) is 0 Å². The fourth-order valence-corrected chi connectivity index (χ4v) is 3.47. The third kappa shape index (κ3) is 7.77. The maximum atomic E-state index is 12.4. The minimum Gasteiger partial charge on any atom is -0.382 e. The molecule has 2 N–H and O–H groups in total. The van der Waals surface area contributed by atoms with Gasteiger partial charge >= 0.3 is 0 Å². The van der Waals surface area contributed by atoms with Crippen molar-refractivity contribution in [3.63, 3.8) is 0 Å². The van der Waals surface area contributed by atoms with E-state index in [9.17, 15) is 4.79 Å². The molecule has 0 fully saturated rings. The molecule has 0 spiro atoms. The Morgan fingerprint density at radius 2 is 2.19 bits per heavy atom. The number of nitrogens with one attached hydrogen (secondary N) is 2. The molecule has 148 valence electrons. The summed E-state index contributed by atoms with van der Waals surface area (Å²) in [6.45, 7) is 4.39. The van der Waals surface area contributed by atoms with Crippen molar-refractivity contribution >= 4 is 47.2 Å². The molecule has 0 radical (unpaired) electrons. The van der Waals surface area contributed by atoms with Crippen molar-refractivity contribution in [2.75, 3.05) is 53.6 Å². The van der Waals surface area contributed by atoms with E-state index in [0.717, 1.165) is 25.9 Å². The molecule has 1 aliphatic heterocycles. The van der Waals surface area contributed by atoms with Crippen LogP contribution < -0.4 is 10.6 Å². The number of aliphatic imine (C=N–C) groups is 1. The minimum atomic E-state index is 0. The summed E-state index contributed by atoms with van der Waals surface area (Å²) in [6.07, 6.45) is 1.82. The highest BCUT2D eigenvalue weighted by atomic mass is 127. The van der Waals surface area contributed by atoms with Gasteiger partial charge in [-0.3, -0.25) is 9.79 Å². The number of hydrogen-bond acceptors (Lipinski definition) is 5. The molecule has 0 bridgehead atoms. The van der Waals surface area contributed by atoms with Gasteiger partial charge in [0.15, 0.2) is 5.96 Å². The fourth-order valence-electron chi connectivity index (χ4n) is 2.58. The zero-order valence-electron chi connectivity index (χ0n) is 15.5. The summed E-state index contributed by atoms with van der Waals surface area (Å²) < 4.78 is 10.3. The van der Waals surface area contributed by atoms with Gasteiger partial charge in [0.2, 0.25) is 5.91 Å². The van der Waals surface area contributed by atoms with E-state index in [1.165, 1.54) is 10.4 Å². The number of ether oxygens (including phenoxy) is 2. The number of carbonyl (C=O) groups is 1. The third-order valence-corrected chi connectivity index (χ3v) is 5.00. The van der Waals surface area contributed by atoms with Crippen molar-refractivity contribution in [1.29, 1.82) is 0 Å². The average Bonchev–Trinajstić information content (AvgIpc) is 3.10. The summed E-state index contributed by atoms with van der Waals surface area (Å²) in [6, 6.07) is 2.11. The number of guanidine groups is 1. The number of fused-ring (bicyclic) bond motifs is 1. The van der Waals surface area contributed by atoms with Gasteiger partial charge in [-0.2, -0.15) is 0 Å². The van der Waals surface area contributed by atoms with Gasteiger partial charge in [0.25, 0.3) is 0 Å². The fraction of sp³-hybridized carbons (Fsp3) is 0.647. The van der Waals surface area contributed by atoms with Gasteiger partial charge in [0.1, 0.15) is 0 Å². The van der Waals surface area contributed by atoms with Gasteiger partial charge in [0.05, 0.1) is 19.8 Å². The van der Waals surface area contributed by atoms with Crippen LogP contribution in [0.5, 0.6) is 0 Å². The maximum absolute atomic E-state index is 12.4. The summed E-state index contributed by atoms with van der Waals surface area (Å²) in [5.41, 5.74) is 1.28. The number of hydrogen-bond donors (Lipinski definition) is 2. The number of methoxy groups -OCH3 is 1. The van der Waals surface area contributed by atoms with Crippen LogP contribution in [-0.4, -0.2) is 70.4 Å². The normalized spacial score (nSPS) is 13.8. The van der Waals surface area contributed by atoms with Gasteiger partial charge < -0.3 is 25.0 Å². The van der Waals surface area contributed by atoms with Crippen molar-refractivity contribution in [2.45, 2.75) is 19.4 Å². The molecule has 1 aromatic rings. The van der Waals surface area contributed by atoms with E-state index >= 15 is 0 Å². The Kier molecular flexibility index (Phi) is 11.8. The minimum absolute atomic E-state index is 0. The molecule has 1 amide bonds. The van der Waals surface area contributed by atoms with Crippen LogP contribution in [0.1, 0.15) is 16.9 Å². The Morgan fingerprint density at radius 1 is 1.35 bits per heavy atom. The van der Waals surface area contributed by atoms with Gasteiger partial charge in [-0.15, -0.1) is 35.3 Å². The van der Waals surface area contributed by atoms with Crippen LogP contribution in [0.4, 0.5) is 0 Å². The summed E-state index contributed by atoms with van der Waals surface area (Å²) >= 11 is 1.78. The molecule has 2 heterocycles. The van der Waals surface area contributed by atoms with E-state index in [-0.39, 0.29) is 36.4 Å². The highest BCUT2D eigenvalue weighted by Crippen LogP contribution is 2.23. The second-order valence-corrected chi connectivity index (χ2v) is 6.75. The van der Waals surface area contributed by atoms with Crippen molar-refractivity contribution in [3.8, 4) is 0 Å². The van der Waals surface area contributed by atoms with Gasteiger partial charge in [-0.1, -0.05) is 0 Å². The first-order chi connectivity index (χ1) is 12.2. The first-order valence-electron chi connectivity index (χ1n) is 8.58. The number of rotatable bonds is 9. The van der Waals surface area contributed by atoms with E-state index in [0.29, 0.717) is 32.3 Å². The van der Waals surface area contributed by atoms with Crippen LogP contribution in [0.15, 0.2) is 16.4 Å². The molecule has 0 aliphatic carbocycles.